The first-order valence-electron chi connectivity index (χ1n) is 5.17. The molecule has 0 unspecified atom stereocenters. The van der Waals surface area contributed by atoms with Crippen molar-refractivity contribution in [1.29, 1.82) is 0 Å². The van der Waals surface area contributed by atoms with Gasteiger partial charge in [-0.05, 0) is 42.5 Å². The second-order valence-corrected chi connectivity index (χ2v) is 3.79. The Kier molecular flexibility index (Phi) is 2.08. The zero-order chi connectivity index (χ0) is 11.8. The molecule has 84 valence electrons. The summed E-state index contributed by atoms with van der Waals surface area (Å²) in [5.74, 6) is 0.569. The number of nitrogens with one attached hydrogen (secondary N) is 1. The third kappa shape index (κ3) is 1.73. The van der Waals surface area contributed by atoms with Gasteiger partial charge in [0.2, 0.25) is 0 Å². The number of hydrogen-bond acceptors (Lipinski definition) is 2. The molecule has 0 fully saturated rings. The number of aromatic hydroxyl groups is 1. The van der Waals surface area contributed by atoms with Crippen LogP contribution < -0.4 is 0 Å². The van der Waals surface area contributed by atoms with E-state index in [1.54, 1.807) is 30.3 Å². The van der Waals surface area contributed by atoms with E-state index in [9.17, 15) is 9.50 Å². The van der Waals surface area contributed by atoms with Crippen LogP contribution in [-0.4, -0.2) is 15.1 Å². The second kappa shape index (κ2) is 3.59. The largest absolute Gasteiger partial charge is 0.508 e. The molecule has 0 atom stereocenters. The first-order valence-corrected chi connectivity index (χ1v) is 5.17. The minimum Gasteiger partial charge on any atom is -0.508 e. The number of nitrogens with zero attached hydrogens (tertiary/aromatic N) is 1. The number of phenolic OH excluding ortho intramolecular Hbond substituents is 1. The van der Waals surface area contributed by atoms with Crippen molar-refractivity contribution in [2.24, 2.45) is 0 Å². The maximum absolute atomic E-state index is 13.0. The average molecular weight is 228 g/mol. The Morgan fingerprint density at radius 3 is 2.59 bits per heavy atom. The van der Waals surface area contributed by atoms with Gasteiger partial charge in [-0.2, -0.15) is 0 Å². The summed E-state index contributed by atoms with van der Waals surface area (Å²) in [6.07, 6.45) is 0. The molecule has 0 saturated carbocycles. The van der Waals surface area contributed by atoms with Gasteiger partial charge in [-0.15, -0.1) is 0 Å². The highest BCUT2D eigenvalue weighted by Gasteiger charge is 2.05. The van der Waals surface area contributed by atoms with Crippen molar-refractivity contribution >= 4 is 11.0 Å². The summed E-state index contributed by atoms with van der Waals surface area (Å²) < 4.78 is 13.0. The number of imidazole rings is 1. The molecule has 3 aromatic rings. The maximum atomic E-state index is 13.0. The lowest BCUT2D eigenvalue weighted by Gasteiger charge is -1.95. The maximum Gasteiger partial charge on any atom is 0.138 e. The highest BCUT2D eigenvalue weighted by atomic mass is 19.1. The first-order chi connectivity index (χ1) is 8.22. The fourth-order valence-electron chi connectivity index (χ4n) is 1.74. The van der Waals surface area contributed by atoms with Gasteiger partial charge in [-0.1, -0.05) is 0 Å². The predicted octanol–water partition coefficient (Wildman–Crippen LogP) is 3.07. The van der Waals surface area contributed by atoms with Crippen molar-refractivity contribution in [3.63, 3.8) is 0 Å². The minimum absolute atomic E-state index is 0.205. The number of hydrogen-bond donors (Lipinski definition) is 2. The standard InChI is InChI=1S/C13H9FN2O/c14-9-3-6-11-12(7-9)16-13(15-11)8-1-4-10(17)5-2-8/h1-7,17H,(H,15,16). The Hall–Kier alpha value is -2.36. The average Bonchev–Trinajstić information content (AvgIpc) is 2.72. The molecule has 0 spiro atoms. The Morgan fingerprint density at radius 1 is 1.06 bits per heavy atom. The zero-order valence-electron chi connectivity index (χ0n) is 8.81. The van der Waals surface area contributed by atoms with Crippen LogP contribution in [0, 0.1) is 5.82 Å². The molecule has 4 heteroatoms. The molecule has 0 aliphatic carbocycles. The summed E-state index contributed by atoms with van der Waals surface area (Å²) in [7, 11) is 0. The van der Waals surface area contributed by atoms with Gasteiger partial charge in [0.15, 0.2) is 0 Å². The SMILES string of the molecule is Oc1ccc(-c2nc3ccc(F)cc3[nH]2)cc1. The van der Waals surface area contributed by atoms with Crippen LogP contribution in [0.4, 0.5) is 4.39 Å². The number of aromatic nitrogens is 2. The molecular formula is C13H9FN2O. The van der Waals surface area contributed by atoms with Crippen molar-refractivity contribution in [3.05, 3.63) is 48.3 Å². The number of benzene rings is 2. The molecule has 1 heterocycles. The number of aromatic amines is 1. The van der Waals surface area contributed by atoms with E-state index < -0.39 is 0 Å². The van der Waals surface area contributed by atoms with Crippen molar-refractivity contribution in [1.82, 2.24) is 9.97 Å². The number of rotatable bonds is 1. The molecular weight excluding hydrogens is 219 g/mol. The fourth-order valence-corrected chi connectivity index (χ4v) is 1.74. The van der Waals surface area contributed by atoms with Crippen molar-refractivity contribution in [2.75, 3.05) is 0 Å². The van der Waals surface area contributed by atoms with Gasteiger partial charge in [-0.3, -0.25) is 0 Å². The number of phenols is 1. The quantitative estimate of drug-likeness (QED) is 0.672. The van der Waals surface area contributed by atoms with Crippen LogP contribution in [0.2, 0.25) is 0 Å². The van der Waals surface area contributed by atoms with Crippen LogP contribution in [0.15, 0.2) is 42.5 Å². The molecule has 1 aromatic heterocycles. The van der Waals surface area contributed by atoms with E-state index in [-0.39, 0.29) is 11.6 Å². The summed E-state index contributed by atoms with van der Waals surface area (Å²) in [5, 5.41) is 9.20. The molecule has 0 saturated heterocycles. The van der Waals surface area contributed by atoms with Crippen LogP contribution >= 0.6 is 0 Å². The van der Waals surface area contributed by atoms with Crippen LogP contribution in [0.25, 0.3) is 22.4 Å². The highest BCUT2D eigenvalue weighted by molar-refractivity contribution is 5.79. The monoisotopic (exact) mass is 228 g/mol. The summed E-state index contributed by atoms with van der Waals surface area (Å²) >= 11 is 0. The van der Waals surface area contributed by atoms with E-state index in [4.69, 9.17) is 0 Å². The third-order valence-electron chi connectivity index (χ3n) is 2.58. The number of halogens is 1. The van der Waals surface area contributed by atoms with Gasteiger partial charge >= 0.3 is 0 Å². The molecule has 17 heavy (non-hydrogen) atoms. The Morgan fingerprint density at radius 2 is 1.82 bits per heavy atom. The van der Waals surface area contributed by atoms with Gasteiger partial charge in [0.05, 0.1) is 11.0 Å². The van der Waals surface area contributed by atoms with Crippen LogP contribution in [0.3, 0.4) is 0 Å². The normalized spacial score (nSPS) is 10.9. The third-order valence-corrected chi connectivity index (χ3v) is 2.58. The highest BCUT2D eigenvalue weighted by Crippen LogP contribution is 2.22. The van der Waals surface area contributed by atoms with Gasteiger partial charge in [0.1, 0.15) is 17.4 Å². The van der Waals surface area contributed by atoms with E-state index >= 15 is 0 Å². The van der Waals surface area contributed by atoms with Crippen LogP contribution in [0.1, 0.15) is 0 Å². The smallest absolute Gasteiger partial charge is 0.138 e. The van der Waals surface area contributed by atoms with Gasteiger partial charge < -0.3 is 10.1 Å². The summed E-state index contributed by atoms with van der Waals surface area (Å²) in [6, 6.07) is 11.1. The van der Waals surface area contributed by atoms with Crippen molar-refractivity contribution < 1.29 is 9.50 Å². The molecule has 3 nitrogen and oxygen atoms in total. The summed E-state index contributed by atoms with van der Waals surface area (Å²) in [5.41, 5.74) is 2.22. The van der Waals surface area contributed by atoms with Gasteiger partial charge in [0, 0.05) is 5.56 Å². The Labute approximate surface area is 96.6 Å². The van der Waals surface area contributed by atoms with Gasteiger partial charge in [-0.25, -0.2) is 9.37 Å². The predicted molar refractivity (Wildman–Crippen MR) is 63.2 cm³/mol. The Bertz CT molecular complexity index is 673. The van der Waals surface area contributed by atoms with E-state index in [1.807, 2.05) is 0 Å². The van der Waals surface area contributed by atoms with E-state index in [0.29, 0.717) is 11.3 Å². The van der Waals surface area contributed by atoms with Crippen LogP contribution in [-0.2, 0) is 0 Å². The van der Waals surface area contributed by atoms with Crippen LogP contribution in [0.5, 0.6) is 5.75 Å². The topological polar surface area (TPSA) is 48.9 Å². The molecule has 0 amide bonds. The lowest BCUT2D eigenvalue weighted by atomic mass is 10.2. The summed E-state index contributed by atoms with van der Waals surface area (Å²) in [6.45, 7) is 0. The Balaban J connectivity index is 2.14. The first kappa shape index (κ1) is 9.84. The van der Waals surface area contributed by atoms with E-state index in [0.717, 1.165) is 11.1 Å². The second-order valence-electron chi connectivity index (χ2n) is 3.79. The molecule has 3 rings (SSSR count). The molecule has 2 aromatic carbocycles. The lowest BCUT2D eigenvalue weighted by Crippen LogP contribution is -1.78. The summed E-state index contributed by atoms with van der Waals surface area (Å²) in [4.78, 5) is 7.39. The van der Waals surface area contributed by atoms with Crippen molar-refractivity contribution in [3.8, 4) is 17.1 Å². The van der Waals surface area contributed by atoms with Crippen molar-refractivity contribution in [2.45, 2.75) is 0 Å². The van der Waals surface area contributed by atoms with E-state index in [2.05, 4.69) is 9.97 Å². The zero-order valence-corrected chi connectivity index (χ0v) is 8.81. The van der Waals surface area contributed by atoms with E-state index in [1.165, 1.54) is 12.1 Å². The number of fused-ring (bicyclic) bond motifs is 1. The molecule has 0 radical (unpaired) electrons. The molecule has 0 bridgehead atoms. The number of H-pyrrole nitrogens is 1. The fraction of sp³-hybridized carbons (Fsp3) is 0. The molecule has 2 N–H and O–H groups in total. The molecule has 0 aliphatic heterocycles. The molecule has 0 aliphatic rings. The minimum atomic E-state index is -0.293. The van der Waals surface area contributed by atoms with Gasteiger partial charge in [0.25, 0.3) is 0 Å². The lowest BCUT2D eigenvalue weighted by molar-refractivity contribution is 0.475.